The lowest BCUT2D eigenvalue weighted by molar-refractivity contribution is 0.216. The van der Waals surface area contributed by atoms with Crippen molar-refractivity contribution in [1.82, 2.24) is 10.2 Å². The largest absolute Gasteiger partial charge is 0.490 e. The van der Waals surface area contributed by atoms with Crippen LogP contribution < -0.4 is 9.47 Å². The zero-order chi connectivity index (χ0) is 20.1. The lowest BCUT2D eigenvalue weighted by atomic mass is 10.1. The summed E-state index contributed by atoms with van der Waals surface area (Å²) in [4.78, 5) is 0. The standard InChI is InChI=1S/C24H22N2O3/c1-17-8-9-18(2)22(16-17)28-15-14-27-21-12-10-20(11-13-21)24-26-25-23(29-24)19-6-4-3-5-7-19/h3-13,16H,14-15H2,1-2H3. The summed E-state index contributed by atoms with van der Waals surface area (Å²) in [6.07, 6.45) is 0. The molecule has 5 heteroatoms. The van der Waals surface area contributed by atoms with Gasteiger partial charge < -0.3 is 13.9 Å². The molecule has 0 atom stereocenters. The molecule has 0 fully saturated rings. The van der Waals surface area contributed by atoms with Crippen molar-refractivity contribution in [2.75, 3.05) is 13.2 Å². The Hall–Kier alpha value is -3.60. The number of aryl methyl sites for hydroxylation is 2. The molecule has 0 unspecified atom stereocenters. The fourth-order valence-electron chi connectivity index (χ4n) is 2.90. The first-order chi connectivity index (χ1) is 14.2. The number of ether oxygens (including phenoxy) is 2. The number of hydrogen-bond donors (Lipinski definition) is 0. The van der Waals surface area contributed by atoms with Crippen LogP contribution >= 0.6 is 0 Å². The molecular weight excluding hydrogens is 364 g/mol. The van der Waals surface area contributed by atoms with Crippen LogP contribution in [-0.4, -0.2) is 23.4 Å². The summed E-state index contributed by atoms with van der Waals surface area (Å²) in [5.41, 5.74) is 4.04. The summed E-state index contributed by atoms with van der Waals surface area (Å²) in [5.74, 6) is 2.65. The second kappa shape index (κ2) is 8.61. The Bertz CT molecular complexity index is 1070. The van der Waals surface area contributed by atoms with Gasteiger partial charge in [-0.25, -0.2) is 0 Å². The first kappa shape index (κ1) is 18.7. The fraction of sp³-hybridized carbons (Fsp3) is 0.167. The highest BCUT2D eigenvalue weighted by molar-refractivity contribution is 5.58. The predicted octanol–water partition coefficient (Wildman–Crippen LogP) is 5.48. The minimum atomic E-state index is 0.464. The van der Waals surface area contributed by atoms with Crippen molar-refractivity contribution in [2.24, 2.45) is 0 Å². The number of aromatic nitrogens is 2. The number of rotatable bonds is 7. The van der Waals surface area contributed by atoms with Gasteiger partial charge in [0, 0.05) is 11.1 Å². The third-order valence-electron chi connectivity index (χ3n) is 4.50. The Labute approximate surface area is 169 Å². The van der Waals surface area contributed by atoms with Crippen LogP contribution in [-0.2, 0) is 0 Å². The second-order valence-corrected chi connectivity index (χ2v) is 6.77. The molecule has 0 radical (unpaired) electrons. The second-order valence-electron chi connectivity index (χ2n) is 6.77. The smallest absolute Gasteiger partial charge is 0.248 e. The Morgan fingerprint density at radius 2 is 1.38 bits per heavy atom. The maximum Gasteiger partial charge on any atom is 0.248 e. The van der Waals surface area contributed by atoms with E-state index in [0.29, 0.717) is 25.0 Å². The molecule has 0 amide bonds. The molecule has 1 aromatic heterocycles. The van der Waals surface area contributed by atoms with Crippen molar-refractivity contribution in [3.8, 4) is 34.4 Å². The summed E-state index contributed by atoms with van der Waals surface area (Å²) in [6.45, 7) is 5.03. The van der Waals surface area contributed by atoms with Crippen LogP contribution in [0.4, 0.5) is 0 Å². The van der Waals surface area contributed by atoms with Crippen LogP contribution in [0.1, 0.15) is 11.1 Å². The van der Waals surface area contributed by atoms with Crippen LogP contribution in [0.15, 0.2) is 77.2 Å². The van der Waals surface area contributed by atoms with Crippen molar-refractivity contribution in [1.29, 1.82) is 0 Å². The number of hydrogen-bond acceptors (Lipinski definition) is 5. The Morgan fingerprint density at radius 3 is 2.10 bits per heavy atom. The van der Waals surface area contributed by atoms with Crippen LogP contribution in [0, 0.1) is 13.8 Å². The zero-order valence-corrected chi connectivity index (χ0v) is 16.5. The fourth-order valence-corrected chi connectivity index (χ4v) is 2.90. The molecule has 0 bridgehead atoms. The summed E-state index contributed by atoms with van der Waals surface area (Å²) in [5, 5.41) is 8.26. The van der Waals surface area contributed by atoms with Gasteiger partial charge in [0.1, 0.15) is 24.7 Å². The number of nitrogens with zero attached hydrogens (tertiary/aromatic N) is 2. The van der Waals surface area contributed by atoms with E-state index in [9.17, 15) is 0 Å². The summed E-state index contributed by atoms with van der Waals surface area (Å²) < 4.78 is 17.4. The molecule has 0 saturated carbocycles. The van der Waals surface area contributed by atoms with Crippen molar-refractivity contribution in [3.63, 3.8) is 0 Å². The minimum Gasteiger partial charge on any atom is -0.490 e. The first-order valence-corrected chi connectivity index (χ1v) is 9.51. The van der Waals surface area contributed by atoms with E-state index in [4.69, 9.17) is 13.9 Å². The van der Waals surface area contributed by atoms with Gasteiger partial charge in [-0.15, -0.1) is 10.2 Å². The molecule has 5 nitrogen and oxygen atoms in total. The third-order valence-corrected chi connectivity index (χ3v) is 4.50. The van der Waals surface area contributed by atoms with Crippen LogP contribution in [0.5, 0.6) is 11.5 Å². The van der Waals surface area contributed by atoms with Gasteiger partial charge in [0.2, 0.25) is 11.8 Å². The van der Waals surface area contributed by atoms with Crippen molar-refractivity contribution in [2.45, 2.75) is 13.8 Å². The van der Waals surface area contributed by atoms with E-state index in [1.807, 2.05) is 67.6 Å². The third kappa shape index (κ3) is 4.63. The lowest BCUT2D eigenvalue weighted by Crippen LogP contribution is -2.09. The Kier molecular flexibility index (Phi) is 5.56. The Morgan fingerprint density at radius 1 is 0.724 bits per heavy atom. The van der Waals surface area contributed by atoms with Gasteiger partial charge >= 0.3 is 0 Å². The molecule has 146 valence electrons. The van der Waals surface area contributed by atoms with E-state index in [2.05, 4.69) is 29.3 Å². The highest BCUT2D eigenvalue weighted by Crippen LogP contribution is 2.25. The van der Waals surface area contributed by atoms with Crippen molar-refractivity contribution in [3.05, 3.63) is 83.9 Å². The van der Waals surface area contributed by atoms with Crippen LogP contribution in [0.2, 0.25) is 0 Å². The average Bonchev–Trinajstić information content (AvgIpc) is 3.25. The van der Waals surface area contributed by atoms with Gasteiger partial charge in [0.25, 0.3) is 0 Å². The molecule has 0 aliphatic carbocycles. The summed E-state index contributed by atoms with van der Waals surface area (Å²) in [7, 11) is 0. The minimum absolute atomic E-state index is 0.464. The van der Waals surface area contributed by atoms with E-state index in [0.717, 1.165) is 28.2 Å². The first-order valence-electron chi connectivity index (χ1n) is 9.51. The van der Waals surface area contributed by atoms with Gasteiger partial charge in [-0.2, -0.15) is 0 Å². The maximum atomic E-state index is 5.82. The van der Waals surface area contributed by atoms with Crippen LogP contribution in [0.3, 0.4) is 0 Å². The van der Waals surface area contributed by atoms with Gasteiger partial charge in [-0.05, 0) is 67.4 Å². The van der Waals surface area contributed by atoms with E-state index < -0.39 is 0 Å². The van der Waals surface area contributed by atoms with E-state index in [-0.39, 0.29) is 0 Å². The SMILES string of the molecule is Cc1ccc(C)c(OCCOc2ccc(-c3nnc(-c4ccccc4)o3)cc2)c1. The molecule has 3 aromatic carbocycles. The number of benzene rings is 3. The van der Waals surface area contributed by atoms with Gasteiger partial charge in [-0.3, -0.25) is 0 Å². The molecule has 4 aromatic rings. The van der Waals surface area contributed by atoms with Crippen molar-refractivity contribution < 1.29 is 13.9 Å². The van der Waals surface area contributed by atoms with Gasteiger partial charge in [-0.1, -0.05) is 30.3 Å². The summed E-state index contributed by atoms with van der Waals surface area (Å²) >= 11 is 0. The summed E-state index contributed by atoms with van der Waals surface area (Å²) in [6, 6.07) is 23.5. The average molecular weight is 386 g/mol. The zero-order valence-electron chi connectivity index (χ0n) is 16.5. The van der Waals surface area contributed by atoms with E-state index in [1.54, 1.807) is 0 Å². The molecule has 0 spiro atoms. The highest BCUT2D eigenvalue weighted by Gasteiger charge is 2.10. The molecular formula is C24H22N2O3. The highest BCUT2D eigenvalue weighted by atomic mass is 16.5. The normalized spacial score (nSPS) is 10.7. The predicted molar refractivity (Wildman–Crippen MR) is 112 cm³/mol. The molecule has 0 saturated heterocycles. The van der Waals surface area contributed by atoms with Gasteiger partial charge in [0.15, 0.2) is 0 Å². The van der Waals surface area contributed by atoms with E-state index >= 15 is 0 Å². The van der Waals surface area contributed by atoms with Gasteiger partial charge in [0.05, 0.1) is 0 Å². The van der Waals surface area contributed by atoms with Crippen molar-refractivity contribution >= 4 is 0 Å². The monoisotopic (exact) mass is 386 g/mol. The lowest BCUT2D eigenvalue weighted by Gasteiger charge is -2.11. The maximum absolute atomic E-state index is 5.82. The quantitative estimate of drug-likeness (QED) is 0.394. The molecule has 4 rings (SSSR count). The molecule has 1 heterocycles. The molecule has 29 heavy (non-hydrogen) atoms. The molecule has 0 aliphatic heterocycles. The van der Waals surface area contributed by atoms with E-state index in [1.165, 1.54) is 5.56 Å². The molecule has 0 aliphatic rings. The topological polar surface area (TPSA) is 57.4 Å². The molecule has 0 N–H and O–H groups in total. The van der Waals surface area contributed by atoms with Crippen LogP contribution in [0.25, 0.3) is 22.9 Å². The Balaban J connectivity index is 1.33.